The molecule has 24 heavy (non-hydrogen) atoms. The molecule has 5 nitrogen and oxygen atoms in total. The number of aromatic amines is 1. The third-order valence-electron chi connectivity index (χ3n) is 4.71. The first-order valence-electron chi connectivity index (χ1n) is 8.03. The molecule has 1 saturated carbocycles. The minimum atomic E-state index is -0.487. The van der Waals surface area contributed by atoms with Gasteiger partial charge in [0, 0.05) is 18.7 Å². The smallest absolute Gasteiger partial charge is 0.202 e. The van der Waals surface area contributed by atoms with Gasteiger partial charge >= 0.3 is 0 Å². The van der Waals surface area contributed by atoms with Crippen molar-refractivity contribution >= 4 is 28.6 Å². The van der Waals surface area contributed by atoms with Crippen LogP contribution in [0.4, 0.5) is 10.2 Å². The van der Waals surface area contributed by atoms with E-state index >= 15 is 0 Å². The van der Waals surface area contributed by atoms with Crippen LogP contribution < -0.4 is 4.90 Å². The Kier molecular flexibility index (Phi) is 3.84. The molecule has 124 valence electrons. The number of nitrogens with one attached hydrogen (secondary N) is 1. The van der Waals surface area contributed by atoms with Gasteiger partial charge in [-0.3, -0.25) is 5.10 Å². The van der Waals surface area contributed by atoms with Crippen LogP contribution in [0.25, 0.3) is 22.4 Å². The summed E-state index contributed by atoms with van der Waals surface area (Å²) in [5, 5.41) is 7.11. The fourth-order valence-corrected chi connectivity index (χ4v) is 3.49. The van der Waals surface area contributed by atoms with Crippen LogP contribution in [0.1, 0.15) is 25.7 Å². The lowest BCUT2D eigenvalue weighted by Gasteiger charge is -2.24. The fraction of sp³-hybridized carbons (Fsp3) is 0.353. The van der Waals surface area contributed by atoms with Gasteiger partial charge in [-0.2, -0.15) is 5.10 Å². The van der Waals surface area contributed by atoms with Crippen molar-refractivity contribution in [2.24, 2.45) is 0 Å². The number of hydrogen-bond donors (Lipinski definition) is 1. The summed E-state index contributed by atoms with van der Waals surface area (Å²) >= 11 is 5.87. The predicted molar refractivity (Wildman–Crippen MR) is 92.7 cm³/mol. The van der Waals surface area contributed by atoms with Crippen LogP contribution >= 0.6 is 11.6 Å². The van der Waals surface area contributed by atoms with Crippen LogP contribution in [-0.4, -0.2) is 33.3 Å². The van der Waals surface area contributed by atoms with Crippen molar-refractivity contribution in [1.82, 2.24) is 20.2 Å². The first-order valence-corrected chi connectivity index (χ1v) is 8.41. The minimum absolute atomic E-state index is 0.0702. The van der Waals surface area contributed by atoms with Crippen LogP contribution in [0.15, 0.2) is 24.4 Å². The molecule has 0 spiro atoms. The average Bonchev–Trinajstić information content (AvgIpc) is 3.26. The summed E-state index contributed by atoms with van der Waals surface area (Å²) in [7, 11) is 2.04. The van der Waals surface area contributed by atoms with E-state index in [0.717, 1.165) is 5.82 Å². The number of aromatic nitrogens is 4. The molecule has 0 radical (unpaired) electrons. The van der Waals surface area contributed by atoms with Crippen LogP contribution in [0, 0.1) is 5.82 Å². The fourth-order valence-electron chi connectivity index (χ4n) is 3.32. The van der Waals surface area contributed by atoms with Crippen molar-refractivity contribution < 1.29 is 4.39 Å². The van der Waals surface area contributed by atoms with E-state index in [9.17, 15) is 4.39 Å². The highest BCUT2D eigenvalue weighted by Gasteiger charge is 2.22. The molecular formula is C17H17ClFN5. The summed E-state index contributed by atoms with van der Waals surface area (Å²) < 4.78 is 14.3. The molecule has 0 aliphatic heterocycles. The standard InChI is InChI=1S/C17H17ClFN5/c1-24(10-5-2-3-6-10)13-9-20-16-15(22-23-17(16)21-13)11-7-4-8-12(18)14(11)19/h4,7-10H,2-3,5-6H2,1H3,(H,21,22,23). The van der Waals surface area contributed by atoms with Crippen LogP contribution in [-0.2, 0) is 0 Å². The zero-order chi connectivity index (χ0) is 16.7. The van der Waals surface area contributed by atoms with E-state index in [1.165, 1.54) is 31.7 Å². The number of benzene rings is 1. The maximum atomic E-state index is 14.3. The molecule has 0 atom stereocenters. The Morgan fingerprint density at radius 3 is 2.88 bits per heavy atom. The van der Waals surface area contributed by atoms with Gasteiger partial charge in [0.25, 0.3) is 0 Å². The summed E-state index contributed by atoms with van der Waals surface area (Å²) in [6, 6.07) is 5.36. The van der Waals surface area contributed by atoms with Crippen LogP contribution in [0.2, 0.25) is 5.02 Å². The van der Waals surface area contributed by atoms with Gasteiger partial charge in [0.1, 0.15) is 11.3 Å². The Hall–Kier alpha value is -2.21. The number of hydrogen-bond acceptors (Lipinski definition) is 4. The van der Waals surface area contributed by atoms with Gasteiger partial charge in [0.2, 0.25) is 5.65 Å². The summed E-state index contributed by atoms with van der Waals surface area (Å²) in [5.74, 6) is 0.303. The first-order chi connectivity index (χ1) is 11.6. The highest BCUT2D eigenvalue weighted by atomic mass is 35.5. The van der Waals surface area contributed by atoms with Crippen LogP contribution in [0.3, 0.4) is 0 Å². The monoisotopic (exact) mass is 345 g/mol. The molecule has 2 heterocycles. The van der Waals surface area contributed by atoms with Gasteiger partial charge in [-0.15, -0.1) is 0 Å². The third-order valence-corrected chi connectivity index (χ3v) is 5.00. The summed E-state index contributed by atoms with van der Waals surface area (Å²) in [4.78, 5) is 11.2. The molecule has 2 aromatic heterocycles. The SMILES string of the molecule is CN(c1cnc2c(-c3cccc(Cl)c3F)[nH]nc2n1)C1CCCC1. The highest BCUT2D eigenvalue weighted by Crippen LogP contribution is 2.31. The quantitative estimate of drug-likeness (QED) is 0.773. The van der Waals surface area contributed by atoms with Crippen molar-refractivity contribution in [1.29, 1.82) is 0 Å². The molecule has 0 amide bonds. The molecule has 7 heteroatoms. The number of fused-ring (bicyclic) bond motifs is 1. The number of H-pyrrole nitrogens is 1. The molecule has 3 aromatic rings. The molecule has 1 aliphatic carbocycles. The largest absolute Gasteiger partial charge is 0.355 e. The molecular weight excluding hydrogens is 329 g/mol. The normalized spacial score (nSPS) is 15.3. The third kappa shape index (κ3) is 2.51. The zero-order valence-corrected chi connectivity index (χ0v) is 14.0. The Morgan fingerprint density at radius 1 is 1.29 bits per heavy atom. The van der Waals surface area contributed by atoms with Gasteiger partial charge in [0.15, 0.2) is 5.82 Å². The van der Waals surface area contributed by atoms with Crippen molar-refractivity contribution in [2.45, 2.75) is 31.7 Å². The Morgan fingerprint density at radius 2 is 2.08 bits per heavy atom. The van der Waals surface area contributed by atoms with E-state index in [0.29, 0.717) is 28.5 Å². The molecule has 1 aromatic carbocycles. The van der Waals surface area contributed by atoms with Crippen LogP contribution in [0.5, 0.6) is 0 Å². The molecule has 1 aliphatic rings. The average molecular weight is 346 g/mol. The lowest BCUT2D eigenvalue weighted by molar-refractivity contribution is 0.631. The van der Waals surface area contributed by atoms with E-state index in [2.05, 4.69) is 25.1 Å². The summed E-state index contributed by atoms with van der Waals surface area (Å²) in [5.41, 5.74) is 1.86. The zero-order valence-electron chi connectivity index (χ0n) is 13.3. The second kappa shape index (κ2) is 6.02. The molecule has 0 bridgehead atoms. The molecule has 0 saturated heterocycles. The maximum absolute atomic E-state index is 14.3. The topological polar surface area (TPSA) is 57.7 Å². The first kappa shape index (κ1) is 15.3. The summed E-state index contributed by atoms with van der Waals surface area (Å²) in [6.07, 6.45) is 6.59. The van der Waals surface area contributed by atoms with E-state index < -0.39 is 5.82 Å². The van der Waals surface area contributed by atoms with Gasteiger partial charge in [-0.25, -0.2) is 14.4 Å². The molecule has 4 rings (SSSR count). The second-order valence-electron chi connectivity index (χ2n) is 6.15. The van der Waals surface area contributed by atoms with E-state index in [4.69, 9.17) is 11.6 Å². The van der Waals surface area contributed by atoms with E-state index in [1.54, 1.807) is 18.3 Å². The Balaban J connectivity index is 1.74. The number of nitrogens with zero attached hydrogens (tertiary/aromatic N) is 4. The van der Waals surface area contributed by atoms with Crippen molar-refractivity contribution in [3.63, 3.8) is 0 Å². The predicted octanol–water partition coefficient (Wildman–Crippen LogP) is 4.19. The molecule has 0 unspecified atom stereocenters. The minimum Gasteiger partial charge on any atom is -0.355 e. The highest BCUT2D eigenvalue weighted by molar-refractivity contribution is 6.31. The second-order valence-corrected chi connectivity index (χ2v) is 6.56. The summed E-state index contributed by atoms with van der Waals surface area (Å²) in [6.45, 7) is 0. The van der Waals surface area contributed by atoms with Crippen molar-refractivity contribution in [3.8, 4) is 11.3 Å². The van der Waals surface area contributed by atoms with Gasteiger partial charge in [-0.05, 0) is 25.0 Å². The lowest BCUT2D eigenvalue weighted by atomic mass is 10.1. The number of rotatable bonds is 3. The van der Waals surface area contributed by atoms with Crippen molar-refractivity contribution in [2.75, 3.05) is 11.9 Å². The molecule has 1 fully saturated rings. The lowest BCUT2D eigenvalue weighted by Crippen LogP contribution is -2.29. The van der Waals surface area contributed by atoms with Gasteiger partial charge < -0.3 is 4.90 Å². The van der Waals surface area contributed by atoms with E-state index in [1.807, 2.05) is 7.05 Å². The molecule has 1 N–H and O–H groups in total. The Labute approximate surface area is 143 Å². The number of halogens is 2. The van der Waals surface area contributed by atoms with Crippen molar-refractivity contribution in [3.05, 3.63) is 35.2 Å². The Bertz CT molecular complexity index is 888. The maximum Gasteiger partial charge on any atom is 0.202 e. The van der Waals surface area contributed by atoms with E-state index in [-0.39, 0.29) is 5.02 Å². The van der Waals surface area contributed by atoms with Gasteiger partial charge in [-0.1, -0.05) is 30.5 Å². The van der Waals surface area contributed by atoms with Gasteiger partial charge in [0.05, 0.1) is 16.9 Å². The number of anilines is 1.